The van der Waals surface area contributed by atoms with Crippen molar-refractivity contribution in [3.63, 3.8) is 0 Å². The SMILES string of the molecule is CC1(C(=O)NC[C@H]2[C@H]3CN(Cc4ccsc4)C[C@]34CC[C@H]2O4)CC1. The molecule has 1 aliphatic carbocycles. The molecule has 1 aromatic rings. The number of thiophene rings is 1. The maximum atomic E-state index is 12.3. The predicted molar refractivity (Wildman–Crippen MR) is 93.8 cm³/mol. The number of fused-ring (bicyclic) bond motifs is 1. The summed E-state index contributed by atoms with van der Waals surface area (Å²) in [6.45, 7) is 6.10. The Hall–Kier alpha value is -0.910. The standard InChI is InChI=1S/C19H26N2O2S/c1-18(5-6-18)17(22)20-8-14-15-10-21(9-13-3-7-24-11-13)12-19(15)4-2-16(14)23-19/h3,7,11,14-16H,2,4-6,8-10,12H2,1H3,(H,20,22)/t14-,15+,16+,19+/m0/s1. The van der Waals surface area contributed by atoms with E-state index in [0.717, 1.165) is 39.0 Å². The highest BCUT2D eigenvalue weighted by molar-refractivity contribution is 7.07. The normalized spacial score (nSPS) is 39.1. The average molecular weight is 346 g/mol. The quantitative estimate of drug-likeness (QED) is 0.891. The summed E-state index contributed by atoms with van der Waals surface area (Å²) in [7, 11) is 0. The van der Waals surface area contributed by atoms with Crippen molar-refractivity contribution < 1.29 is 9.53 Å². The minimum absolute atomic E-state index is 0.0690. The number of nitrogens with one attached hydrogen (secondary N) is 1. The van der Waals surface area contributed by atoms with E-state index >= 15 is 0 Å². The van der Waals surface area contributed by atoms with Gasteiger partial charge in [0.2, 0.25) is 5.91 Å². The number of likely N-dealkylation sites (tertiary alicyclic amines) is 1. The molecule has 2 bridgehead atoms. The number of ether oxygens (including phenoxy) is 1. The number of rotatable bonds is 5. The Morgan fingerprint density at radius 2 is 2.33 bits per heavy atom. The molecule has 1 spiro atoms. The number of amides is 1. The molecule has 5 rings (SSSR count). The van der Waals surface area contributed by atoms with Crippen LogP contribution in [0.3, 0.4) is 0 Å². The summed E-state index contributed by atoms with van der Waals surface area (Å²) in [5, 5.41) is 7.65. The Labute approximate surface area is 147 Å². The Morgan fingerprint density at radius 1 is 1.46 bits per heavy atom. The number of carbonyl (C=O) groups excluding carboxylic acids is 1. The van der Waals surface area contributed by atoms with Crippen LogP contribution in [0.2, 0.25) is 0 Å². The highest BCUT2D eigenvalue weighted by atomic mass is 32.1. The molecule has 4 fully saturated rings. The molecule has 1 N–H and O–H groups in total. The Balaban J connectivity index is 1.26. The molecule has 4 nitrogen and oxygen atoms in total. The van der Waals surface area contributed by atoms with E-state index in [0.29, 0.717) is 17.9 Å². The van der Waals surface area contributed by atoms with Crippen LogP contribution in [0.15, 0.2) is 16.8 Å². The molecule has 4 heterocycles. The molecular formula is C19H26N2O2S. The first kappa shape index (κ1) is 15.4. The van der Waals surface area contributed by atoms with Crippen LogP contribution in [0.1, 0.15) is 38.2 Å². The Bertz CT molecular complexity index is 642. The maximum Gasteiger partial charge on any atom is 0.225 e. The van der Waals surface area contributed by atoms with E-state index in [4.69, 9.17) is 4.74 Å². The summed E-state index contributed by atoms with van der Waals surface area (Å²) >= 11 is 1.77. The van der Waals surface area contributed by atoms with Crippen LogP contribution in [-0.4, -0.2) is 42.1 Å². The second-order valence-corrected chi connectivity index (χ2v) is 9.38. The van der Waals surface area contributed by atoms with E-state index in [9.17, 15) is 4.79 Å². The number of carbonyl (C=O) groups is 1. The van der Waals surface area contributed by atoms with Crippen LogP contribution < -0.4 is 5.32 Å². The average Bonchev–Trinajstić information content (AvgIpc) is 3.00. The van der Waals surface area contributed by atoms with Gasteiger partial charge in [-0.25, -0.2) is 0 Å². The summed E-state index contributed by atoms with van der Waals surface area (Å²) in [4.78, 5) is 14.9. The molecule has 1 aromatic heterocycles. The van der Waals surface area contributed by atoms with Gasteiger partial charge in [0.05, 0.1) is 11.7 Å². The molecule has 0 radical (unpaired) electrons. The molecular weight excluding hydrogens is 320 g/mol. The molecule has 0 unspecified atom stereocenters. The van der Waals surface area contributed by atoms with E-state index in [1.54, 1.807) is 11.3 Å². The second kappa shape index (κ2) is 5.29. The molecule has 3 aliphatic heterocycles. The number of hydrogen-bond acceptors (Lipinski definition) is 4. The molecule has 130 valence electrons. The van der Waals surface area contributed by atoms with Crippen molar-refractivity contribution in [1.29, 1.82) is 0 Å². The van der Waals surface area contributed by atoms with Crippen molar-refractivity contribution in [3.05, 3.63) is 22.4 Å². The largest absolute Gasteiger partial charge is 0.370 e. The number of nitrogens with zero attached hydrogens (tertiary/aromatic N) is 1. The van der Waals surface area contributed by atoms with Gasteiger partial charge in [-0.3, -0.25) is 9.69 Å². The summed E-state index contributed by atoms with van der Waals surface area (Å²) in [5.41, 5.74) is 1.41. The van der Waals surface area contributed by atoms with Crippen molar-refractivity contribution in [3.8, 4) is 0 Å². The van der Waals surface area contributed by atoms with Crippen molar-refractivity contribution in [2.24, 2.45) is 17.3 Å². The fraction of sp³-hybridized carbons (Fsp3) is 0.737. The molecule has 4 atom stereocenters. The zero-order chi connectivity index (χ0) is 16.4. The lowest BCUT2D eigenvalue weighted by molar-refractivity contribution is -0.126. The third-order valence-electron chi connectivity index (χ3n) is 6.89. The highest BCUT2D eigenvalue weighted by Gasteiger charge is 2.62. The first-order valence-electron chi connectivity index (χ1n) is 9.28. The lowest BCUT2D eigenvalue weighted by Crippen LogP contribution is -2.43. The molecule has 1 saturated carbocycles. The van der Waals surface area contributed by atoms with E-state index in [1.165, 1.54) is 18.4 Å². The summed E-state index contributed by atoms with van der Waals surface area (Å²) in [6, 6.07) is 2.22. The Morgan fingerprint density at radius 3 is 3.08 bits per heavy atom. The zero-order valence-corrected chi connectivity index (χ0v) is 15.1. The van der Waals surface area contributed by atoms with E-state index in [1.807, 2.05) is 0 Å². The van der Waals surface area contributed by atoms with Gasteiger partial charge in [0.25, 0.3) is 0 Å². The van der Waals surface area contributed by atoms with Crippen LogP contribution in [0.25, 0.3) is 0 Å². The number of hydrogen-bond donors (Lipinski definition) is 1. The summed E-state index contributed by atoms with van der Waals surface area (Å²) < 4.78 is 6.49. The molecule has 5 heteroatoms. The summed E-state index contributed by atoms with van der Waals surface area (Å²) in [5.74, 6) is 1.34. The third-order valence-corrected chi connectivity index (χ3v) is 7.62. The minimum atomic E-state index is -0.0726. The molecule has 3 saturated heterocycles. The van der Waals surface area contributed by atoms with E-state index in [-0.39, 0.29) is 16.9 Å². The van der Waals surface area contributed by atoms with Crippen molar-refractivity contribution in [1.82, 2.24) is 10.2 Å². The van der Waals surface area contributed by atoms with E-state index < -0.39 is 0 Å². The fourth-order valence-electron chi connectivity index (χ4n) is 5.16. The zero-order valence-electron chi connectivity index (χ0n) is 14.3. The van der Waals surface area contributed by atoms with Crippen LogP contribution in [0.4, 0.5) is 0 Å². The van der Waals surface area contributed by atoms with Crippen molar-refractivity contribution in [2.45, 2.75) is 50.9 Å². The smallest absolute Gasteiger partial charge is 0.225 e. The van der Waals surface area contributed by atoms with Gasteiger partial charge in [0.1, 0.15) is 0 Å². The minimum Gasteiger partial charge on any atom is -0.370 e. The lowest BCUT2D eigenvalue weighted by atomic mass is 9.73. The van der Waals surface area contributed by atoms with Gasteiger partial charge < -0.3 is 10.1 Å². The molecule has 0 aromatic carbocycles. The predicted octanol–water partition coefficient (Wildman–Crippen LogP) is 2.64. The Kier molecular flexibility index (Phi) is 3.39. The third kappa shape index (κ3) is 2.36. The monoisotopic (exact) mass is 346 g/mol. The van der Waals surface area contributed by atoms with Gasteiger partial charge in [-0.2, -0.15) is 11.3 Å². The second-order valence-electron chi connectivity index (χ2n) is 8.60. The van der Waals surface area contributed by atoms with Gasteiger partial charge in [0, 0.05) is 43.4 Å². The molecule has 4 aliphatic rings. The van der Waals surface area contributed by atoms with Gasteiger partial charge in [0.15, 0.2) is 0 Å². The van der Waals surface area contributed by atoms with Crippen molar-refractivity contribution >= 4 is 17.2 Å². The first-order valence-corrected chi connectivity index (χ1v) is 10.2. The van der Waals surface area contributed by atoms with Gasteiger partial charge in [-0.1, -0.05) is 6.92 Å². The van der Waals surface area contributed by atoms with Gasteiger partial charge in [-0.05, 0) is 48.1 Å². The van der Waals surface area contributed by atoms with Gasteiger partial charge in [-0.15, -0.1) is 0 Å². The molecule has 24 heavy (non-hydrogen) atoms. The first-order chi connectivity index (χ1) is 11.6. The van der Waals surface area contributed by atoms with Crippen LogP contribution in [0, 0.1) is 17.3 Å². The van der Waals surface area contributed by atoms with Gasteiger partial charge >= 0.3 is 0 Å². The topological polar surface area (TPSA) is 41.6 Å². The van der Waals surface area contributed by atoms with Crippen LogP contribution in [0.5, 0.6) is 0 Å². The maximum absolute atomic E-state index is 12.3. The lowest BCUT2D eigenvalue weighted by Gasteiger charge is -2.30. The van der Waals surface area contributed by atoms with Crippen molar-refractivity contribution in [2.75, 3.05) is 19.6 Å². The summed E-state index contributed by atoms with van der Waals surface area (Å²) in [6.07, 6.45) is 4.83. The fourth-order valence-corrected chi connectivity index (χ4v) is 5.82. The van der Waals surface area contributed by atoms with E-state index in [2.05, 4.69) is 34.0 Å². The highest BCUT2D eigenvalue weighted by Crippen LogP contribution is 2.55. The van der Waals surface area contributed by atoms with Crippen LogP contribution in [-0.2, 0) is 16.1 Å². The molecule has 1 amide bonds. The van der Waals surface area contributed by atoms with Crippen LogP contribution >= 0.6 is 11.3 Å².